The highest BCUT2D eigenvalue weighted by molar-refractivity contribution is 7.13. The van der Waals surface area contributed by atoms with Crippen LogP contribution in [0.5, 0.6) is 0 Å². The number of thiophene rings is 1. The molecule has 1 aromatic carbocycles. The molecule has 0 aliphatic carbocycles. The smallest absolute Gasteiger partial charge is 0.247 e. The van der Waals surface area contributed by atoms with Crippen LogP contribution in [0.25, 0.3) is 21.5 Å². The molecule has 0 unspecified atom stereocenters. The predicted octanol–water partition coefficient (Wildman–Crippen LogP) is 4.97. The average Bonchev–Trinajstić information content (AvgIpc) is 3.51. The van der Waals surface area contributed by atoms with Crippen molar-refractivity contribution >= 4 is 34.1 Å². The zero-order valence-electron chi connectivity index (χ0n) is 18.7. The van der Waals surface area contributed by atoms with Gasteiger partial charge in [0.25, 0.3) is 0 Å². The fourth-order valence-corrected chi connectivity index (χ4v) is 4.79. The van der Waals surface area contributed by atoms with E-state index in [4.69, 9.17) is 0 Å². The van der Waals surface area contributed by atoms with Gasteiger partial charge in [0.15, 0.2) is 11.5 Å². The third kappa shape index (κ3) is 4.17. The summed E-state index contributed by atoms with van der Waals surface area (Å²) in [5.74, 6) is 0.342. The molecular weight excluding hydrogens is 432 g/mol. The van der Waals surface area contributed by atoms with Gasteiger partial charge >= 0.3 is 0 Å². The van der Waals surface area contributed by atoms with Crippen molar-refractivity contribution in [2.24, 2.45) is 0 Å². The maximum Gasteiger partial charge on any atom is 0.247 e. The lowest BCUT2D eigenvalue weighted by Gasteiger charge is -2.07. The van der Waals surface area contributed by atoms with Gasteiger partial charge in [-0.05, 0) is 49.4 Å². The predicted molar refractivity (Wildman–Crippen MR) is 131 cm³/mol. The van der Waals surface area contributed by atoms with Crippen LogP contribution < -0.4 is 5.32 Å². The number of nitrogens with zero attached hydrogens (tertiary/aromatic N) is 5. The quantitative estimate of drug-likeness (QED) is 0.391. The second kappa shape index (κ2) is 8.63. The largest absolute Gasteiger partial charge is 0.308 e. The standard InChI is InChI=1S/C25H24N6OS/c1-16-7-4-5-8-19(16)14-30-17(2)13-22(29-30)27-23(32)15-31-25-24(18(3)28-31)20(10-11-26-25)21-9-6-12-33-21/h4-13H,14-15H2,1-3H3,(H,27,29,32). The van der Waals surface area contributed by atoms with Crippen molar-refractivity contribution in [3.8, 4) is 10.4 Å². The van der Waals surface area contributed by atoms with Crippen LogP contribution >= 0.6 is 11.3 Å². The first-order chi connectivity index (χ1) is 16.0. The van der Waals surface area contributed by atoms with Crippen LogP contribution in [0.15, 0.2) is 60.1 Å². The van der Waals surface area contributed by atoms with Crippen molar-refractivity contribution in [1.82, 2.24) is 24.5 Å². The van der Waals surface area contributed by atoms with Crippen molar-refractivity contribution in [2.45, 2.75) is 33.9 Å². The minimum Gasteiger partial charge on any atom is -0.308 e. The number of aromatic nitrogens is 5. The zero-order chi connectivity index (χ0) is 22.9. The Morgan fingerprint density at radius 1 is 1.03 bits per heavy atom. The summed E-state index contributed by atoms with van der Waals surface area (Å²) in [6, 6.07) is 16.2. The van der Waals surface area contributed by atoms with E-state index in [9.17, 15) is 4.79 Å². The van der Waals surface area contributed by atoms with E-state index in [0.717, 1.165) is 27.2 Å². The van der Waals surface area contributed by atoms with E-state index in [1.54, 1.807) is 22.2 Å². The van der Waals surface area contributed by atoms with Crippen LogP contribution in [0.4, 0.5) is 5.82 Å². The van der Waals surface area contributed by atoms with Crippen LogP contribution in [0.2, 0.25) is 0 Å². The molecule has 0 bridgehead atoms. The number of anilines is 1. The molecule has 0 spiro atoms. The topological polar surface area (TPSA) is 77.6 Å². The second-order valence-corrected chi connectivity index (χ2v) is 9.03. The van der Waals surface area contributed by atoms with E-state index in [-0.39, 0.29) is 12.5 Å². The molecule has 1 amide bonds. The van der Waals surface area contributed by atoms with Crippen molar-refractivity contribution in [2.75, 3.05) is 5.32 Å². The summed E-state index contributed by atoms with van der Waals surface area (Å²) >= 11 is 1.67. The molecule has 4 heterocycles. The number of amides is 1. The van der Waals surface area contributed by atoms with E-state index in [0.29, 0.717) is 18.0 Å². The third-order valence-corrected chi connectivity index (χ3v) is 6.62. The number of fused-ring (bicyclic) bond motifs is 1. The molecule has 5 aromatic rings. The van der Waals surface area contributed by atoms with Gasteiger partial charge in [-0.25, -0.2) is 9.67 Å². The molecule has 1 N–H and O–H groups in total. The molecule has 33 heavy (non-hydrogen) atoms. The molecule has 4 aromatic heterocycles. The number of carbonyl (C=O) groups is 1. The number of hydrogen-bond acceptors (Lipinski definition) is 5. The van der Waals surface area contributed by atoms with Gasteiger partial charge in [-0.1, -0.05) is 30.3 Å². The summed E-state index contributed by atoms with van der Waals surface area (Å²) in [4.78, 5) is 18.5. The SMILES string of the molecule is Cc1ccccc1Cn1nc(NC(=O)Cn2nc(C)c3c(-c4cccs4)ccnc32)cc1C. The molecule has 166 valence electrons. The van der Waals surface area contributed by atoms with Crippen LogP contribution in [-0.2, 0) is 17.9 Å². The molecule has 0 atom stereocenters. The lowest BCUT2D eigenvalue weighted by atomic mass is 10.1. The molecule has 0 saturated carbocycles. The Hall–Kier alpha value is -3.78. The highest BCUT2D eigenvalue weighted by Gasteiger charge is 2.17. The molecular formula is C25H24N6OS. The lowest BCUT2D eigenvalue weighted by molar-refractivity contribution is -0.116. The monoisotopic (exact) mass is 456 g/mol. The number of benzene rings is 1. The molecule has 0 fully saturated rings. The van der Waals surface area contributed by atoms with Gasteiger partial charge in [0, 0.05) is 28.4 Å². The van der Waals surface area contributed by atoms with Crippen LogP contribution in [0.3, 0.4) is 0 Å². The minimum atomic E-state index is -0.191. The maximum atomic E-state index is 12.8. The average molecular weight is 457 g/mol. The van der Waals surface area contributed by atoms with Crippen molar-refractivity contribution in [3.63, 3.8) is 0 Å². The number of carbonyl (C=O) groups excluding carboxylic acids is 1. The molecule has 0 saturated heterocycles. The first-order valence-corrected chi connectivity index (χ1v) is 11.6. The van der Waals surface area contributed by atoms with E-state index in [1.807, 2.05) is 48.9 Å². The summed E-state index contributed by atoms with van der Waals surface area (Å²) in [6.07, 6.45) is 1.77. The number of aryl methyl sites for hydroxylation is 3. The van der Waals surface area contributed by atoms with Crippen molar-refractivity contribution in [1.29, 1.82) is 0 Å². The Kier molecular flexibility index (Phi) is 5.51. The van der Waals surface area contributed by atoms with Gasteiger partial charge in [-0.2, -0.15) is 10.2 Å². The number of pyridine rings is 1. The van der Waals surface area contributed by atoms with Gasteiger partial charge in [-0.15, -0.1) is 11.3 Å². The fraction of sp³-hybridized carbons (Fsp3) is 0.200. The van der Waals surface area contributed by atoms with Gasteiger partial charge in [-0.3, -0.25) is 9.48 Å². The van der Waals surface area contributed by atoms with E-state index < -0.39 is 0 Å². The number of nitrogens with one attached hydrogen (secondary N) is 1. The maximum absolute atomic E-state index is 12.8. The molecule has 8 heteroatoms. The van der Waals surface area contributed by atoms with Gasteiger partial charge in [0.2, 0.25) is 5.91 Å². The molecule has 0 aliphatic rings. The van der Waals surface area contributed by atoms with Gasteiger partial charge in [0.05, 0.1) is 17.6 Å². The molecule has 7 nitrogen and oxygen atoms in total. The van der Waals surface area contributed by atoms with Gasteiger partial charge < -0.3 is 5.32 Å². The first kappa shape index (κ1) is 21.1. The highest BCUT2D eigenvalue weighted by atomic mass is 32.1. The highest BCUT2D eigenvalue weighted by Crippen LogP contribution is 2.32. The Balaban J connectivity index is 1.35. The Labute approximate surface area is 195 Å². The number of hydrogen-bond donors (Lipinski definition) is 1. The summed E-state index contributed by atoms with van der Waals surface area (Å²) in [7, 11) is 0. The number of rotatable bonds is 6. The van der Waals surface area contributed by atoms with Crippen molar-refractivity contribution < 1.29 is 4.79 Å². The van der Waals surface area contributed by atoms with E-state index >= 15 is 0 Å². The van der Waals surface area contributed by atoms with Crippen LogP contribution in [-0.4, -0.2) is 30.5 Å². The lowest BCUT2D eigenvalue weighted by Crippen LogP contribution is -2.20. The zero-order valence-corrected chi connectivity index (χ0v) is 19.6. The third-order valence-electron chi connectivity index (χ3n) is 5.72. The normalized spacial score (nSPS) is 11.2. The van der Waals surface area contributed by atoms with E-state index in [2.05, 4.69) is 51.0 Å². The van der Waals surface area contributed by atoms with Gasteiger partial charge in [0.1, 0.15) is 6.54 Å². The Morgan fingerprint density at radius 2 is 1.88 bits per heavy atom. The van der Waals surface area contributed by atoms with E-state index in [1.165, 1.54) is 11.1 Å². The fourth-order valence-electron chi connectivity index (χ4n) is 4.03. The summed E-state index contributed by atoms with van der Waals surface area (Å²) < 4.78 is 3.56. The molecule has 0 radical (unpaired) electrons. The summed E-state index contributed by atoms with van der Waals surface area (Å²) in [5, 5.41) is 15.1. The second-order valence-electron chi connectivity index (χ2n) is 8.08. The Bertz CT molecular complexity index is 1450. The Morgan fingerprint density at radius 3 is 2.67 bits per heavy atom. The summed E-state index contributed by atoms with van der Waals surface area (Å²) in [5.41, 5.74) is 6.05. The van der Waals surface area contributed by atoms with Crippen LogP contribution in [0.1, 0.15) is 22.5 Å². The van der Waals surface area contributed by atoms with Crippen molar-refractivity contribution in [3.05, 3.63) is 82.6 Å². The minimum absolute atomic E-state index is 0.0644. The molecule has 0 aliphatic heterocycles. The first-order valence-electron chi connectivity index (χ1n) is 10.7. The summed E-state index contributed by atoms with van der Waals surface area (Å²) in [6.45, 7) is 6.75. The van der Waals surface area contributed by atoms with Crippen LogP contribution in [0, 0.1) is 20.8 Å². The molecule has 5 rings (SSSR count).